The Morgan fingerprint density at radius 2 is 1.85 bits per heavy atom. The van der Waals surface area contributed by atoms with E-state index in [9.17, 15) is 18.0 Å². The van der Waals surface area contributed by atoms with Crippen molar-refractivity contribution >= 4 is 33.2 Å². The molecule has 20 heavy (non-hydrogen) atoms. The molecule has 1 fully saturated rings. The smallest absolute Gasteiger partial charge is 0.246 e. The molecule has 0 atom stereocenters. The molecule has 0 bridgehead atoms. The summed E-state index contributed by atoms with van der Waals surface area (Å²) in [4.78, 5) is 24.2. The largest absolute Gasteiger partial charge is 0.397 e. The van der Waals surface area contributed by atoms with Gasteiger partial charge in [-0.1, -0.05) is 0 Å². The number of carbonyl (C=O) groups excluding carboxylic acids is 2. The van der Waals surface area contributed by atoms with Gasteiger partial charge in [0.05, 0.1) is 29.4 Å². The van der Waals surface area contributed by atoms with Crippen LogP contribution in [0.5, 0.6) is 0 Å². The molecule has 9 heteroatoms. The van der Waals surface area contributed by atoms with Crippen LogP contribution in [0.15, 0.2) is 23.1 Å². The fourth-order valence-electron chi connectivity index (χ4n) is 1.91. The SMILES string of the molecule is CNS(=O)(=O)c1ccc(N2CC(=O)NC(=O)C2)c(N)c1. The summed E-state index contributed by atoms with van der Waals surface area (Å²) in [5.74, 6) is -0.847. The summed E-state index contributed by atoms with van der Waals surface area (Å²) in [6, 6.07) is 4.14. The van der Waals surface area contributed by atoms with E-state index in [0.29, 0.717) is 5.69 Å². The monoisotopic (exact) mass is 298 g/mol. The van der Waals surface area contributed by atoms with E-state index >= 15 is 0 Å². The molecule has 0 aromatic heterocycles. The number of imide groups is 1. The molecule has 1 aliphatic heterocycles. The molecule has 0 spiro atoms. The fraction of sp³-hybridized carbons (Fsp3) is 0.273. The summed E-state index contributed by atoms with van der Waals surface area (Å²) < 4.78 is 25.5. The zero-order valence-corrected chi connectivity index (χ0v) is 11.5. The number of nitrogens with zero attached hydrogens (tertiary/aromatic N) is 1. The molecule has 1 heterocycles. The van der Waals surface area contributed by atoms with Crippen molar-refractivity contribution in [3.63, 3.8) is 0 Å². The van der Waals surface area contributed by atoms with Gasteiger partial charge in [-0.15, -0.1) is 0 Å². The number of nitrogens with two attached hydrogens (primary N) is 1. The van der Waals surface area contributed by atoms with Gasteiger partial charge in [0.1, 0.15) is 0 Å². The molecule has 1 aromatic carbocycles. The van der Waals surface area contributed by atoms with Crippen molar-refractivity contribution in [1.82, 2.24) is 10.0 Å². The molecular weight excluding hydrogens is 284 g/mol. The number of amides is 2. The van der Waals surface area contributed by atoms with E-state index < -0.39 is 21.8 Å². The van der Waals surface area contributed by atoms with Gasteiger partial charge in [0.25, 0.3) is 0 Å². The summed E-state index contributed by atoms with van der Waals surface area (Å²) in [7, 11) is -2.29. The number of rotatable bonds is 3. The highest BCUT2D eigenvalue weighted by Crippen LogP contribution is 2.26. The number of nitrogens with one attached hydrogen (secondary N) is 2. The second-order valence-electron chi connectivity index (χ2n) is 4.26. The summed E-state index contributed by atoms with van der Waals surface area (Å²) in [6.07, 6.45) is 0. The minimum atomic E-state index is -3.58. The Morgan fingerprint density at radius 3 is 2.35 bits per heavy atom. The highest BCUT2D eigenvalue weighted by Gasteiger charge is 2.24. The van der Waals surface area contributed by atoms with Gasteiger partial charge in [-0.25, -0.2) is 13.1 Å². The van der Waals surface area contributed by atoms with E-state index in [-0.39, 0.29) is 23.7 Å². The Balaban J connectivity index is 2.35. The number of hydrogen-bond donors (Lipinski definition) is 3. The molecule has 0 aliphatic carbocycles. The van der Waals surface area contributed by atoms with Crippen LogP contribution in [0.2, 0.25) is 0 Å². The first-order valence-electron chi connectivity index (χ1n) is 5.74. The van der Waals surface area contributed by atoms with E-state index in [1.54, 1.807) is 0 Å². The van der Waals surface area contributed by atoms with Gasteiger partial charge in [0.2, 0.25) is 21.8 Å². The molecule has 0 unspecified atom stereocenters. The van der Waals surface area contributed by atoms with Crippen molar-refractivity contribution in [3.05, 3.63) is 18.2 Å². The number of sulfonamides is 1. The first kappa shape index (κ1) is 14.3. The lowest BCUT2D eigenvalue weighted by Crippen LogP contribution is -2.51. The van der Waals surface area contributed by atoms with Crippen LogP contribution in [-0.2, 0) is 19.6 Å². The zero-order valence-electron chi connectivity index (χ0n) is 10.7. The molecule has 0 radical (unpaired) electrons. The molecule has 2 rings (SSSR count). The quantitative estimate of drug-likeness (QED) is 0.468. The van der Waals surface area contributed by atoms with Crippen LogP contribution in [-0.4, -0.2) is 40.4 Å². The van der Waals surface area contributed by atoms with Crippen LogP contribution in [0.3, 0.4) is 0 Å². The number of benzene rings is 1. The highest BCUT2D eigenvalue weighted by molar-refractivity contribution is 7.89. The van der Waals surface area contributed by atoms with E-state index in [0.717, 1.165) is 0 Å². The molecule has 1 aliphatic rings. The van der Waals surface area contributed by atoms with Gasteiger partial charge >= 0.3 is 0 Å². The average molecular weight is 298 g/mol. The predicted molar refractivity (Wildman–Crippen MR) is 72.5 cm³/mol. The first-order chi connectivity index (χ1) is 9.33. The highest BCUT2D eigenvalue weighted by atomic mass is 32.2. The normalized spacial score (nSPS) is 16.1. The van der Waals surface area contributed by atoms with Crippen LogP contribution in [0.4, 0.5) is 11.4 Å². The molecule has 0 saturated carbocycles. The van der Waals surface area contributed by atoms with Crippen LogP contribution in [0.1, 0.15) is 0 Å². The van der Waals surface area contributed by atoms with Crippen LogP contribution >= 0.6 is 0 Å². The van der Waals surface area contributed by atoms with Crippen molar-refractivity contribution in [3.8, 4) is 0 Å². The third-order valence-electron chi connectivity index (χ3n) is 2.87. The van der Waals surface area contributed by atoms with Crippen LogP contribution in [0, 0.1) is 0 Å². The molecule has 8 nitrogen and oxygen atoms in total. The summed E-state index contributed by atoms with van der Waals surface area (Å²) in [5.41, 5.74) is 6.45. The van der Waals surface area contributed by atoms with E-state index in [2.05, 4.69) is 10.0 Å². The van der Waals surface area contributed by atoms with Gasteiger partial charge in [0.15, 0.2) is 0 Å². The second kappa shape index (κ2) is 5.10. The fourth-order valence-corrected chi connectivity index (χ4v) is 2.68. The van der Waals surface area contributed by atoms with Crippen molar-refractivity contribution < 1.29 is 18.0 Å². The van der Waals surface area contributed by atoms with Crippen LogP contribution < -0.4 is 20.7 Å². The first-order valence-corrected chi connectivity index (χ1v) is 7.22. The average Bonchev–Trinajstić information content (AvgIpc) is 2.37. The molecule has 2 amide bonds. The third-order valence-corrected chi connectivity index (χ3v) is 4.28. The maximum absolute atomic E-state index is 11.6. The number of anilines is 2. The second-order valence-corrected chi connectivity index (χ2v) is 6.14. The lowest BCUT2D eigenvalue weighted by atomic mass is 10.2. The molecular formula is C11H14N4O4S. The van der Waals surface area contributed by atoms with Gasteiger partial charge in [-0.05, 0) is 25.2 Å². The van der Waals surface area contributed by atoms with Gasteiger partial charge in [-0.3, -0.25) is 14.9 Å². The van der Waals surface area contributed by atoms with Gasteiger partial charge in [-0.2, -0.15) is 0 Å². The Kier molecular flexibility index (Phi) is 3.64. The standard InChI is InChI=1S/C11H14N4O4S/c1-13-20(18,19)7-2-3-9(8(12)4-7)15-5-10(16)14-11(17)6-15/h2-4,13H,5-6,12H2,1H3,(H,14,16,17). The van der Waals surface area contributed by atoms with Crippen molar-refractivity contribution in [2.75, 3.05) is 30.8 Å². The predicted octanol–water partition coefficient (Wildman–Crippen LogP) is -1.36. The van der Waals surface area contributed by atoms with Crippen molar-refractivity contribution in [2.24, 2.45) is 0 Å². The number of nitrogen functional groups attached to an aromatic ring is 1. The van der Waals surface area contributed by atoms with Crippen LogP contribution in [0.25, 0.3) is 0 Å². The minimum Gasteiger partial charge on any atom is -0.397 e. The molecule has 1 saturated heterocycles. The van der Waals surface area contributed by atoms with Gasteiger partial charge in [0, 0.05) is 0 Å². The van der Waals surface area contributed by atoms with E-state index in [1.807, 2.05) is 0 Å². The Hall–Kier alpha value is -2.13. The van der Waals surface area contributed by atoms with Crippen molar-refractivity contribution in [2.45, 2.75) is 4.90 Å². The minimum absolute atomic E-state index is 0.00589. The summed E-state index contributed by atoms with van der Waals surface area (Å²) in [6.45, 7) is -0.0118. The van der Waals surface area contributed by atoms with Crippen molar-refractivity contribution in [1.29, 1.82) is 0 Å². The lowest BCUT2D eigenvalue weighted by Gasteiger charge is -2.28. The molecule has 108 valence electrons. The Labute approximate surface area is 116 Å². The molecule has 4 N–H and O–H groups in total. The van der Waals surface area contributed by atoms with Gasteiger partial charge < -0.3 is 10.6 Å². The third kappa shape index (κ3) is 2.73. The summed E-state index contributed by atoms with van der Waals surface area (Å²) in [5, 5.41) is 2.18. The maximum Gasteiger partial charge on any atom is 0.246 e. The topological polar surface area (TPSA) is 122 Å². The Bertz CT molecular complexity index is 655. The number of hydrogen-bond acceptors (Lipinski definition) is 6. The lowest BCUT2D eigenvalue weighted by molar-refractivity contribution is -0.130. The Morgan fingerprint density at radius 1 is 1.25 bits per heavy atom. The van der Waals surface area contributed by atoms with E-state index in [1.165, 1.54) is 30.1 Å². The molecule has 1 aromatic rings. The van der Waals surface area contributed by atoms with E-state index in [4.69, 9.17) is 5.73 Å². The number of carbonyl (C=O) groups is 2. The maximum atomic E-state index is 11.6. The number of piperazine rings is 1. The summed E-state index contributed by atoms with van der Waals surface area (Å²) >= 11 is 0. The zero-order chi connectivity index (χ0) is 14.9.